The van der Waals surface area contributed by atoms with Crippen LogP contribution in [-0.2, 0) is 0 Å². The Labute approximate surface area is 162 Å². The van der Waals surface area contributed by atoms with E-state index in [1.165, 1.54) is 0 Å². The van der Waals surface area contributed by atoms with Gasteiger partial charge in [-0.1, -0.05) is 0 Å². The fraction of sp³-hybridized carbons (Fsp3) is 0.125. The summed E-state index contributed by atoms with van der Waals surface area (Å²) in [6.07, 6.45) is 0. The maximum atomic E-state index is 5.53. The third-order valence-corrected chi connectivity index (χ3v) is 13.4. The molecule has 0 unspecified atom stereocenters. The van der Waals surface area contributed by atoms with Crippen LogP contribution in [0.2, 0.25) is 0 Å². The van der Waals surface area contributed by atoms with Crippen molar-refractivity contribution in [2.75, 3.05) is 14.2 Å². The Morgan fingerprint density at radius 3 is 1.57 bits per heavy atom. The summed E-state index contributed by atoms with van der Waals surface area (Å²) >= 11 is 10.6. The van der Waals surface area contributed by atoms with Gasteiger partial charge in [0.05, 0.1) is 0 Å². The molecule has 2 aromatic carbocycles. The van der Waals surface area contributed by atoms with E-state index in [1.807, 2.05) is 48.5 Å². The first kappa shape index (κ1) is 19.0. The maximum absolute atomic E-state index is 5.53. The Morgan fingerprint density at radius 2 is 1.17 bits per heavy atom. The van der Waals surface area contributed by atoms with Crippen molar-refractivity contribution in [2.24, 2.45) is 0 Å². The monoisotopic (exact) mass is 496 g/mol. The molecule has 0 heterocycles. The number of benzene rings is 2. The van der Waals surface area contributed by atoms with Gasteiger partial charge in [0.1, 0.15) is 0 Å². The zero-order valence-corrected chi connectivity index (χ0v) is 18.1. The van der Waals surface area contributed by atoms with Crippen LogP contribution >= 0.6 is 42.4 Å². The van der Waals surface area contributed by atoms with Gasteiger partial charge in [-0.05, 0) is 0 Å². The second-order valence-electron chi connectivity index (χ2n) is 4.21. The molecule has 0 atom stereocenters. The molecule has 0 radical (unpaired) electrons. The Morgan fingerprint density at radius 1 is 0.783 bits per heavy atom. The molecule has 0 bridgehead atoms. The molecule has 0 N–H and O–H groups in total. The molecule has 0 fully saturated rings. The van der Waals surface area contributed by atoms with Crippen LogP contribution in [-0.4, -0.2) is 40.8 Å². The van der Waals surface area contributed by atoms with E-state index in [0.29, 0.717) is 0 Å². The fourth-order valence-electron chi connectivity index (χ4n) is 1.80. The minimum atomic E-state index is -0.494. The summed E-state index contributed by atoms with van der Waals surface area (Å²) in [5, 5.41) is 0. The van der Waals surface area contributed by atoms with Gasteiger partial charge in [-0.25, -0.2) is 0 Å². The summed E-state index contributed by atoms with van der Waals surface area (Å²) in [6.45, 7) is 0. The van der Waals surface area contributed by atoms with Crippen LogP contribution < -0.4 is 9.47 Å². The zero-order valence-electron chi connectivity index (χ0n) is 12.5. The predicted molar refractivity (Wildman–Crippen MR) is 110 cm³/mol. The number of hydrogen-bond acceptors (Lipinski definition) is 6. The van der Waals surface area contributed by atoms with Crippen LogP contribution in [0.3, 0.4) is 0 Å². The zero-order chi connectivity index (χ0) is 16.7. The third kappa shape index (κ3) is 5.35. The topological polar surface area (TPSA) is 18.5 Å². The van der Waals surface area contributed by atoms with E-state index < -0.39 is 18.2 Å². The number of thiocarbonyl (C=S) groups is 2. The van der Waals surface area contributed by atoms with Gasteiger partial charge < -0.3 is 0 Å². The van der Waals surface area contributed by atoms with E-state index in [0.717, 1.165) is 31.0 Å². The number of rotatable bonds is 6. The van der Waals surface area contributed by atoms with Crippen LogP contribution in [0.15, 0.2) is 48.5 Å². The van der Waals surface area contributed by atoms with Gasteiger partial charge in [0.25, 0.3) is 0 Å². The average molecular weight is 494 g/mol. The van der Waals surface area contributed by atoms with E-state index in [4.69, 9.17) is 33.9 Å². The molecule has 2 rings (SSSR count). The number of methoxy groups -OCH3 is 2. The summed E-state index contributed by atoms with van der Waals surface area (Å²) in [4.78, 5) is 0. The average Bonchev–Trinajstić information content (AvgIpc) is 2.61. The number of para-hydroxylation sites is 2. The molecule has 0 amide bonds. The van der Waals surface area contributed by atoms with Crippen molar-refractivity contribution in [2.45, 2.75) is 0 Å². The van der Waals surface area contributed by atoms with Crippen molar-refractivity contribution >= 4 is 69.0 Å². The summed E-state index contributed by atoms with van der Waals surface area (Å²) in [6, 6.07) is 15.7. The molecule has 0 aliphatic rings. The predicted octanol–water partition coefficient (Wildman–Crippen LogP) is 4.76. The van der Waals surface area contributed by atoms with Gasteiger partial charge >= 0.3 is 164 Å². The first-order chi connectivity index (χ1) is 11.2. The van der Waals surface area contributed by atoms with Crippen LogP contribution in [0.4, 0.5) is 0 Å². The molecule has 0 saturated heterocycles. The van der Waals surface area contributed by atoms with Gasteiger partial charge in [0.2, 0.25) is 0 Å². The molecule has 0 aliphatic heterocycles. The summed E-state index contributed by atoms with van der Waals surface area (Å²) in [7, 11) is 6.75. The van der Waals surface area contributed by atoms with Crippen LogP contribution in [0.5, 0.6) is 11.5 Å². The standard InChI is InChI=1S/C16H14O2S4Te/c1-17-13-9-5-3-7-11(13)15(19)21-23-22-16(20)12-8-4-6-10-14(12)18-2/h3-10H,1-2H3. The van der Waals surface area contributed by atoms with E-state index in [-0.39, 0.29) is 0 Å². The van der Waals surface area contributed by atoms with E-state index in [2.05, 4.69) is 0 Å². The Hall–Kier alpha value is -0.290. The van der Waals surface area contributed by atoms with E-state index >= 15 is 0 Å². The number of hydrogen-bond donors (Lipinski definition) is 0. The van der Waals surface area contributed by atoms with Crippen molar-refractivity contribution in [3.63, 3.8) is 0 Å². The van der Waals surface area contributed by atoms with Gasteiger partial charge in [0, 0.05) is 0 Å². The summed E-state index contributed by atoms with van der Waals surface area (Å²) in [5.74, 6) is 1.63. The molecular weight excluding hydrogens is 480 g/mol. The Kier molecular flexibility index (Phi) is 8.17. The van der Waals surface area contributed by atoms with Gasteiger partial charge in [-0.15, -0.1) is 0 Å². The van der Waals surface area contributed by atoms with Crippen molar-refractivity contribution < 1.29 is 9.47 Å². The van der Waals surface area contributed by atoms with Gasteiger partial charge in [0.15, 0.2) is 0 Å². The molecule has 0 aliphatic carbocycles. The van der Waals surface area contributed by atoms with Gasteiger partial charge in [-0.2, -0.15) is 0 Å². The molecule has 0 spiro atoms. The van der Waals surface area contributed by atoms with Crippen molar-refractivity contribution in [3.8, 4) is 11.5 Å². The second-order valence-corrected chi connectivity index (χ2v) is 13.6. The molecule has 7 heteroatoms. The van der Waals surface area contributed by atoms with Gasteiger partial charge in [-0.3, -0.25) is 0 Å². The quantitative estimate of drug-likeness (QED) is 0.423. The molecule has 2 aromatic rings. The molecule has 0 aromatic heterocycles. The number of ether oxygens (including phenoxy) is 2. The molecular formula is C16H14O2S4Te. The Balaban J connectivity index is 1.94. The van der Waals surface area contributed by atoms with Crippen molar-refractivity contribution in [1.29, 1.82) is 0 Å². The summed E-state index contributed by atoms with van der Waals surface area (Å²) in [5.41, 5.74) is 1.95. The van der Waals surface area contributed by atoms with Crippen LogP contribution in [0, 0.1) is 0 Å². The minimum absolute atomic E-state index is 0.494. The van der Waals surface area contributed by atoms with E-state index in [1.54, 1.807) is 32.2 Å². The molecule has 0 saturated carbocycles. The van der Waals surface area contributed by atoms with Crippen LogP contribution in [0.1, 0.15) is 11.1 Å². The normalized spacial score (nSPS) is 10.2. The second kappa shape index (κ2) is 9.87. The fourth-order valence-corrected chi connectivity index (χ4v) is 12.2. The Bertz CT molecular complexity index is 646. The van der Waals surface area contributed by atoms with Crippen molar-refractivity contribution in [1.82, 2.24) is 0 Å². The SMILES string of the molecule is COc1ccccc1C(=S)S[Te]SC(=S)c1ccccc1OC. The van der Waals surface area contributed by atoms with E-state index in [9.17, 15) is 0 Å². The first-order valence-corrected chi connectivity index (χ1v) is 14.5. The first-order valence-electron chi connectivity index (χ1n) is 6.53. The van der Waals surface area contributed by atoms with Crippen LogP contribution in [0.25, 0.3) is 0 Å². The summed E-state index contributed by atoms with van der Waals surface area (Å²) < 4.78 is 12.4. The molecule has 23 heavy (non-hydrogen) atoms. The molecule has 2 nitrogen and oxygen atoms in total. The third-order valence-electron chi connectivity index (χ3n) is 2.87. The van der Waals surface area contributed by atoms with Crippen molar-refractivity contribution in [3.05, 3.63) is 59.7 Å². The molecule has 120 valence electrons.